The second-order valence-electron chi connectivity index (χ2n) is 9.75. The van der Waals surface area contributed by atoms with Gasteiger partial charge in [0.05, 0.1) is 23.4 Å². The van der Waals surface area contributed by atoms with E-state index < -0.39 is 34.8 Å². The summed E-state index contributed by atoms with van der Waals surface area (Å²) in [6, 6.07) is 6.06. The van der Waals surface area contributed by atoms with Crippen LogP contribution in [0.2, 0.25) is 0 Å². The van der Waals surface area contributed by atoms with Gasteiger partial charge in [-0.2, -0.15) is 18.3 Å². The van der Waals surface area contributed by atoms with Crippen molar-refractivity contribution in [2.24, 2.45) is 11.3 Å². The number of nitrogens with one attached hydrogen (secondary N) is 1. The normalized spacial score (nSPS) is 22.1. The highest BCUT2D eigenvalue weighted by molar-refractivity contribution is 5.71. The van der Waals surface area contributed by atoms with Crippen LogP contribution >= 0.6 is 0 Å². The Morgan fingerprint density at radius 1 is 1.26 bits per heavy atom. The molecule has 0 amide bonds. The predicted molar refractivity (Wildman–Crippen MR) is 121 cm³/mol. The van der Waals surface area contributed by atoms with Crippen molar-refractivity contribution in [3.05, 3.63) is 59.7 Å². The summed E-state index contributed by atoms with van der Waals surface area (Å²) in [6.45, 7) is 5.51. The Morgan fingerprint density at radius 2 is 2.00 bits per heavy atom. The van der Waals surface area contributed by atoms with Crippen molar-refractivity contribution < 1.29 is 28.2 Å². The van der Waals surface area contributed by atoms with E-state index in [2.05, 4.69) is 20.4 Å². The standard InChI is InChI=1S/C24H26F3N5O3/c1-14-8-16(30-21-28-7-5-19(31-21)24(25,26)27)10-17(9-14)32-12-15(11-29-32)23(35)6-4-18(20(33)34)22(2,3)13-23/h5,7-12,18,35H,4,6,13H2,1-3H3,(H,33,34)(H,28,30,31). The van der Waals surface area contributed by atoms with E-state index in [9.17, 15) is 28.2 Å². The van der Waals surface area contributed by atoms with Gasteiger partial charge in [0.2, 0.25) is 5.95 Å². The lowest BCUT2D eigenvalue weighted by Crippen LogP contribution is -2.44. The number of aromatic nitrogens is 4. The van der Waals surface area contributed by atoms with Crippen LogP contribution in [-0.2, 0) is 16.6 Å². The first-order valence-corrected chi connectivity index (χ1v) is 11.1. The number of aryl methyl sites for hydroxylation is 1. The number of alkyl halides is 3. The molecule has 3 aromatic rings. The Bertz CT molecular complexity index is 1260. The SMILES string of the molecule is Cc1cc(Nc2nccc(C(F)(F)F)n2)cc(-n2cc(C3(O)CCC(C(=O)O)C(C)(C)C3)cn2)c1. The van der Waals surface area contributed by atoms with Crippen LogP contribution in [0.5, 0.6) is 0 Å². The molecule has 35 heavy (non-hydrogen) atoms. The van der Waals surface area contributed by atoms with Crippen molar-refractivity contribution in [2.45, 2.75) is 51.8 Å². The molecule has 4 rings (SSSR count). The number of rotatable bonds is 5. The molecule has 2 aromatic heterocycles. The molecule has 1 aromatic carbocycles. The molecule has 0 radical (unpaired) electrons. The highest BCUT2D eigenvalue weighted by Crippen LogP contribution is 2.49. The molecule has 0 saturated heterocycles. The zero-order chi connectivity index (χ0) is 25.6. The van der Waals surface area contributed by atoms with Crippen LogP contribution in [-0.4, -0.2) is 35.9 Å². The number of halogens is 3. The number of carboxylic acids is 1. The van der Waals surface area contributed by atoms with Crippen LogP contribution in [0, 0.1) is 18.3 Å². The lowest BCUT2D eigenvalue weighted by Gasteiger charge is -2.44. The van der Waals surface area contributed by atoms with Gasteiger partial charge in [-0.05, 0) is 61.4 Å². The van der Waals surface area contributed by atoms with Crippen LogP contribution in [0.15, 0.2) is 42.9 Å². The van der Waals surface area contributed by atoms with Gasteiger partial charge in [0, 0.05) is 23.6 Å². The molecule has 2 atom stereocenters. The summed E-state index contributed by atoms with van der Waals surface area (Å²) in [5, 5.41) is 28.1. The molecule has 11 heteroatoms. The summed E-state index contributed by atoms with van der Waals surface area (Å²) in [6.07, 6.45) is 0.623. The van der Waals surface area contributed by atoms with Crippen molar-refractivity contribution >= 4 is 17.6 Å². The molecule has 186 valence electrons. The van der Waals surface area contributed by atoms with E-state index in [1.165, 1.54) is 0 Å². The van der Waals surface area contributed by atoms with Gasteiger partial charge in [-0.3, -0.25) is 4.79 Å². The van der Waals surface area contributed by atoms with Gasteiger partial charge in [0.1, 0.15) is 5.69 Å². The average Bonchev–Trinajstić information content (AvgIpc) is 3.23. The van der Waals surface area contributed by atoms with Gasteiger partial charge < -0.3 is 15.5 Å². The summed E-state index contributed by atoms with van der Waals surface area (Å²) in [5.41, 5.74) is -0.390. The summed E-state index contributed by atoms with van der Waals surface area (Å²) < 4.78 is 40.5. The van der Waals surface area contributed by atoms with Gasteiger partial charge >= 0.3 is 12.1 Å². The highest BCUT2D eigenvalue weighted by atomic mass is 19.4. The van der Waals surface area contributed by atoms with Crippen LogP contribution in [0.1, 0.15) is 49.9 Å². The number of carbonyl (C=O) groups is 1. The zero-order valence-electron chi connectivity index (χ0n) is 19.5. The van der Waals surface area contributed by atoms with Crippen molar-refractivity contribution in [2.75, 3.05) is 5.32 Å². The van der Waals surface area contributed by atoms with Gasteiger partial charge in [0.15, 0.2) is 0 Å². The summed E-state index contributed by atoms with van der Waals surface area (Å²) in [5.74, 6) is -1.59. The maximum absolute atomic E-state index is 13.0. The Balaban J connectivity index is 1.59. The monoisotopic (exact) mass is 489 g/mol. The molecule has 1 aliphatic rings. The molecule has 2 unspecified atom stereocenters. The molecule has 3 N–H and O–H groups in total. The maximum Gasteiger partial charge on any atom is 0.433 e. The minimum absolute atomic E-state index is 0.190. The topological polar surface area (TPSA) is 113 Å². The van der Waals surface area contributed by atoms with Gasteiger partial charge in [-0.25, -0.2) is 14.6 Å². The highest BCUT2D eigenvalue weighted by Gasteiger charge is 2.48. The Hall–Kier alpha value is -3.47. The van der Waals surface area contributed by atoms with E-state index in [0.717, 1.165) is 17.8 Å². The van der Waals surface area contributed by atoms with Crippen LogP contribution < -0.4 is 5.32 Å². The van der Waals surface area contributed by atoms with E-state index in [1.54, 1.807) is 29.2 Å². The summed E-state index contributed by atoms with van der Waals surface area (Å²) in [4.78, 5) is 19.0. The molecular weight excluding hydrogens is 463 g/mol. The first kappa shape index (κ1) is 24.6. The molecule has 0 spiro atoms. The number of nitrogens with zero attached hydrogens (tertiary/aromatic N) is 4. The smallest absolute Gasteiger partial charge is 0.433 e. The number of aliphatic hydroxyl groups is 1. The lowest BCUT2D eigenvalue weighted by molar-refractivity contribution is -0.154. The number of hydrogen-bond acceptors (Lipinski definition) is 6. The van der Waals surface area contributed by atoms with Gasteiger partial charge in [-0.15, -0.1) is 0 Å². The Labute approximate surface area is 199 Å². The van der Waals surface area contributed by atoms with Crippen molar-refractivity contribution in [1.29, 1.82) is 0 Å². The molecule has 2 heterocycles. The van der Waals surface area contributed by atoms with Gasteiger partial charge in [-0.1, -0.05) is 13.8 Å². The van der Waals surface area contributed by atoms with Crippen LogP contribution in [0.4, 0.5) is 24.8 Å². The largest absolute Gasteiger partial charge is 0.481 e. The van der Waals surface area contributed by atoms with E-state index in [0.29, 0.717) is 29.8 Å². The minimum Gasteiger partial charge on any atom is -0.481 e. The van der Waals surface area contributed by atoms with Crippen LogP contribution in [0.25, 0.3) is 5.69 Å². The first-order chi connectivity index (χ1) is 16.3. The second kappa shape index (κ2) is 8.63. The van der Waals surface area contributed by atoms with Crippen LogP contribution in [0.3, 0.4) is 0 Å². The Morgan fingerprint density at radius 3 is 2.66 bits per heavy atom. The third kappa shape index (κ3) is 5.14. The molecule has 0 aliphatic heterocycles. The molecule has 1 aliphatic carbocycles. The quantitative estimate of drug-likeness (QED) is 0.470. The molecule has 1 fully saturated rings. The minimum atomic E-state index is -4.58. The molecule has 0 bridgehead atoms. The Kier molecular flexibility index (Phi) is 6.08. The predicted octanol–water partition coefficient (Wildman–Crippen LogP) is 4.83. The summed E-state index contributed by atoms with van der Waals surface area (Å²) >= 11 is 0. The van der Waals surface area contributed by atoms with E-state index in [-0.39, 0.29) is 12.4 Å². The van der Waals surface area contributed by atoms with Crippen molar-refractivity contribution in [3.63, 3.8) is 0 Å². The van der Waals surface area contributed by atoms with E-state index in [4.69, 9.17) is 0 Å². The summed E-state index contributed by atoms with van der Waals surface area (Å²) in [7, 11) is 0. The fourth-order valence-corrected chi connectivity index (χ4v) is 4.82. The average molecular weight is 489 g/mol. The number of hydrogen-bond donors (Lipinski definition) is 3. The van der Waals surface area contributed by atoms with E-state index >= 15 is 0 Å². The second-order valence-corrected chi connectivity index (χ2v) is 9.75. The number of carboxylic acid groups (broad SMARTS) is 1. The zero-order valence-corrected chi connectivity index (χ0v) is 19.5. The third-order valence-corrected chi connectivity index (χ3v) is 6.48. The fraction of sp³-hybridized carbons (Fsp3) is 0.417. The van der Waals surface area contributed by atoms with Crippen molar-refractivity contribution in [1.82, 2.24) is 19.7 Å². The van der Waals surface area contributed by atoms with E-state index in [1.807, 2.05) is 26.8 Å². The molecule has 8 nitrogen and oxygen atoms in total. The number of benzene rings is 1. The maximum atomic E-state index is 13.0. The molecular formula is C24H26F3N5O3. The molecule has 1 saturated carbocycles. The van der Waals surface area contributed by atoms with Crippen molar-refractivity contribution in [3.8, 4) is 5.69 Å². The third-order valence-electron chi connectivity index (χ3n) is 6.48. The number of anilines is 2. The number of aliphatic carboxylic acids is 1. The fourth-order valence-electron chi connectivity index (χ4n) is 4.82. The first-order valence-electron chi connectivity index (χ1n) is 11.1. The van der Waals surface area contributed by atoms with Gasteiger partial charge in [0.25, 0.3) is 0 Å². The lowest BCUT2D eigenvalue weighted by atomic mass is 9.62.